The number of nitriles is 1. The lowest BCUT2D eigenvalue weighted by molar-refractivity contribution is -0.121. The molecule has 0 saturated heterocycles. The number of nitrogens with zero attached hydrogens (tertiary/aromatic N) is 2. The van der Waals surface area contributed by atoms with Gasteiger partial charge in [0.05, 0.1) is 6.07 Å². The van der Waals surface area contributed by atoms with Crippen LogP contribution in [0.1, 0.15) is 44.7 Å². The molecule has 0 fully saturated rings. The standard InChI is InChI=1S/C15H24N4O/c1-3-5-14(17-8-4-2)13-6-10-19(11-13)12-15(20)18-9-7-16/h6,10-11,14,17H,3-5,8-9,12H2,1-2H3,(H,18,20). The van der Waals surface area contributed by atoms with Crippen molar-refractivity contribution < 1.29 is 4.79 Å². The molecule has 0 bridgehead atoms. The van der Waals surface area contributed by atoms with E-state index in [1.54, 1.807) is 0 Å². The van der Waals surface area contributed by atoms with E-state index in [0.29, 0.717) is 6.04 Å². The third-order valence-corrected chi connectivity index (χ3v) is 3.08. The molecule has 5 nitrogen and oxygen atoms in total. The van der Waals surface area contributed by atoms with Crippen LogP contribution in [0.4, 0.5) is 0 Å². The third kappa shape index (κ3) is 5.45. The summed E-state index contributed by atoms with van der Waals surface area (Å²) >= 11 is 0. The summed E-state index contributed by atoms with van der Waals surface area (Å²) in [6.45, 7) is 5.64. The number of hydrogen-bond acceptors (Lipinski definition) is 3. The first kappa shape index (κ1) is 16.3. The Morgan fingerprint density at radius 1 is 1.45 bits per heavy atom. The van der Waals surface area contributed by atoms with E-state index in [0.717, 1.165) is 25.8 Å². The molecule has 110 valence electrons. The Morgan fingerprint density at radius 2 is 2.25 bits per heavy atom. The predicted molar refractivity (Wildman–Crippen MR) is 79.0 cm³/mol. The molecule has 0 radical (unpaired) electrons. The van der Waals surface area contributed by atoms with Crippen LogP contribution in [0, 0.1) is 11.3 Å². The Hall–Kier alpha value is -1.80. The van der Waals surface area contributed by atoms with Gasteiger partial charge in [-0.15, -0.1) is 0 Å². The molecule has 1 amide bonds. The first-order valence-corrected chi connectivity index (χ1v) is 7.24. The molecule has 0 saturated carbocycles. The number of amides is 1. The van der Waals surface area contributed by atoms with E-state index < -0.39 is 0 Å². The van der Waals surface area contributed by atoms with Crippen LogP contribution in [0.25, 0.3) is 0 Å². The zero-order chi connectivity index (χ0) is 14.8. The smallest absolute Gasteiger partial charge is 0.240 e. The quantitative estimate of drug-likeness (QED) is 0.677. The number of rotatable bonds is 9. The number of carbonyl (C=O) groups is 1. The van der Waals surface area contributed by atoms with Crippen molar-refractivity contribution in [3.63, 3.8) is 0 Å². The summed E-state index contributed by atoms with van der Waals surface area (Å²) in [6, 6.07) is 4.30. The van der Waals surface area contributed by atoms with Gasteiger partial charge in [0.15, 0.2) is 0 Å². The van der Waals surface area contributed by atoms with Gasteiger partial charge in [-0.3, -0.25) is 4.79 Å². The molecule has 0 aliphatic heterocycles. The van der Waals surface area contributed by atoms with Crippen molar-refractivity contribution in [2.75, 3.05) is 13.1 Å². The van der Waals surface area contributed by atoms with Crippen LogP contribution < -0.4 is 10.6 Å². The third-order valence-electron chi connectivity index (χ3n) is 3.08. The second-order valence-corrected chi connectivity index (χ2v) is 4.85. The summed E-state index contributed by atoms with van der Waals surface area (Å²) in [5, 5.41) is 14.5. The minimum absolute atomic E-state index is 0.0590. The molecule has 0 spiro atoms. The van der Waals surface area contributed by atoms with Crippen molar-refractivity contribution in [2.24, 2.45) is 0 Å². The summed E-state index contributed by atoms with van der Waals surface area (Å²) in [7, 11) is 0. The van der Waals surface area contributed by atoms with Gasteiger partial charge in [-0.25, -0.2) is 0 Å². The van der Waals surface area contributed by atoms with Crippen LogP contribution in [-0.2, 0) is 11.3 Å². The van der Waals surface area contributed by atoms with Crippen molar-refractivity contribution in [1.82, 2.24) is 15.2 Å². The highest BCUT2D eigenvalue weighted by molar-refractivity contribution is 5.75. The molecule has 0 aromatic carbocycles. The lowest BCUT2D eigenvalue weighted by atomic mass is 10.1. The van der Waals surface area contributed by atoms with Crippen LogP contribution in [0.3, 0.4) is 0 Å². The molecule has 0 aliphatic rings. The maximum Gasteiger partial charge on any atom is 0.240 e. The van der Waals surface area contributed by atoms with Crippen LogP contribution in [0.2, 0.25) is 0 Å². The van der Waals surface area contributed by atoms with Gasteiger partial charge in [0.1, 0.15) is 13.1 Å². The molecule has 1 heterocycles. The molecule has 1 unspecified atom stereocenters. The Bertz CT molecular complexity index is 447. The van der Waals surface area contributed by atoms with Crippen molar-refractivity contribution in [1.29, 1.82) is 5.26 Å². The monoisotopic (exact) mass is 276 g/mol. The highest BCUT2D eigenvalue weighted by Crippen LogP contribution is 2.18. The zero-order valence-corrected chi connectivity index (χ0v) is 12.4. The SMILES string of the molecule is CCCNC(CCC)c1ccn(CC(=O)NCC#N)c1. The molecule has 20 heavy (non-hydrogen) atoms. The van der Waals surface area contributed by atoms with Crippen LogP contribution in [0.5, 0.6) is 0 Å². The first-order valence-electron chi connectivity index (χ1n) is 7.24. The highest BCUT2D eigenvalue weighted by Gasteiger charge is 2.11. The van der Waals surface area contributed by atoms with E-state index >= 15 is 0 Å². The molecule has 0 aliphatic carbocycles. The number of aromatic nitrogens is 1. The van der Waals surface area contributed by atoms with Gasteiger partial charge in [-0.1, -0.05) is 20.3 Å². The molecular formula is C15H24N4O. The fourth-order valence-corrected chi connectivity index (χ4v) is 2.12. The second kappa shape index (κ2) is 9.16. The van der Waals surface area contributed by atoms with Gasteiger partial charge in [0.2, 0.25) is 5.91 Å². The molecule has 1 aromatic rings. The van der Waals surface area contributed by atoms with Crippen molar-refractivity contribution >= 4 is 5.91 Å². The van der Waals surface area contributed by atoms with Gasteiger partial charge in [-0.2, -0.15) is 5.26 Å². The van der Waals surface area contributed by atoms with Gasteiger partial charge < -0.3 is 15.2 Å². The van der Waals surface area contributed by atoms with Crippen molar-refractivity contribution in [3.05, 3.63) is 24.0 Å². The van der Waals surface area contributed by atoms with Gasteiger partial charge in [0, 0.05) is 18.4 Å². The van der Waals surface area contributed by atoms with E-state index in [4.69, 9.17) is 5.26 Å². The topological polar surface area (TPSA) is 69.8 Å². The Morgan fingerprint density at radius 3 is 2.90 bits per heavy atom. The lowest BCUT2D eigenvalue weighted by Crippen LogP contribution is -2.27. The van der Waals surface area contributed by atoms with E-state index in [9.17, 15) is 4.79 Å². The first-order chi connectivity index (χ1) is 9.71. The van der Waals surface area contributed by atoms with Crippen LogP contribution >= 0.6 is 0 Å². The Kier molecular flexibility index (Phi) is 7.44. The summed E-state index contributed by atoms with van der Waals surface area (Å²) in [5.74, 6) is -0.137. The predicted octanol–water partition coefficient (Wildman–Crippen LogP) is 1.97. The summed E-state index contributed by atoms with van der Waals surface area (Å²) in [5.41, 5.74) is 1.22. The fraction of sp³-hybridized carbons (Fsp3) is 0.600. The number of carbonyl (C=O) groups excluding carboxylic acids is 1. The van der Waals surface area contributed by atoms with Crippen LogP contribution in [-0.4, -0.2) is 23.6 Å². The average Bonchev–Trinajstić information content (AvgIpc) is 2.89. The summed E-state index contributed by atoms with van der Waals surface area (Å²) < 4.78 is 1.86. The van der Waals surface area contributed by atoms with Crippen molar-refractivity contribution in [2.45, 2.75) is 45.7 Å². The van der Waals surface area contributed by atoms with E-state index in [-0.39, 0.29) is 19.0 Å². The second-order valence-electron chi connectivity index (χ2n) is 4.85. The molecular weight excluding hydrogens is 252 g/mol. The Labute approximate surface area is 121 Å². The maximum absolute atomic E-state index is 11.5. The van der Waals surface area contributed by atoms with Gasteiger partial charge in [-0.05, 0) is 31.0 Å². The number of hydrogen-bond donors (Lipinski definition) is 2. The van der Waals surface area contributed by atoms with Crippen LogP contribution in [0.15, 0.2) is 18.5 Å². The minimum atomic E-state index is -0.137. The van der Waals surface area contributed by atoms with E-state index in [1.807, 2.05) is 23.0 Å². The molecule has 1 rings (SSSR count). The summed E-state index contributed by atoms with van der Waals surface area (Å²) in [6.07, 6.45) is 7.24. The van der Waals surface area contributed by atoms with E-state index in [2.05, 4.69) is 30.5 Å². The lowest BCUT2D eigenvalue weighted by Gasteiger charge is -2.16. The zero-order valence-electron chi connectivity index (χ0n) is 12.4. The normalized spacial score (nSPS) is 11.8. The van der Waals surface area contributed by atoms with Gasteiger partial charge in [0.25, 0.3) is 0 Å². The Balaban J connectivity index is 2.59. The maximum atomic E-state index is 11.5. The number of nitrogens with one attached hydrogen (secondary N) is 2. The molecule has 2 N–H and O–H groups in total. The fourth-order valence-electron chi connectivity index (χ4n) is 2.12. The molecule has 5 heteroatoms. The highest BCUT2D eigenvalue weighted by atomic mass is 16.1. The largest absolute Gasteiger partial charge is 0.345 e. The average molecular weight is 276 g/mol. The van der Waals surface area contributed by atoms with Gasteiger partial charge >= 0.3 is 0 Å². The van der Waals surface area contributed by atoms with Crippen molar-refractivity contribution in [3.8, 4) is 6.07 Å². The minimum Gasteiger partial charge on any atom is -0.345 e. The molecule has 1 atom stereocenters. The summed E-state index contributed by atoms with van der Waals surface area (Å²) in [4.78, 5) is 11.5. The van der Waals surface area contributed by atoms with E-state index in [1.165, 1.54) is 5.56 Å². The molecule has 1 aromatic heterocycles.